The van der Waals surface area contributed by atoms with Crippen molar-refractivity contribution in [1.82, 2.24) is 14.1 Å². The molecule has 3 rings (SSSR count). The second-order valence-electron chi connectivity index (χ2n) is 6.64. The lowest BCUT2D eigenvalue weighted by molar-refractivity contribution is -0.119. The number of allylic oxidation sites excluding steroid dienone is 3. The van der Waals surface area contributed by atoms with E-state index in [0.717, 1.165) is 22.3 Å². The maximum absolute atomic E-state index is 13.0. The number of imidazole rings is 1. The average Bonchev–Trinajstić information content (AvgIpc) is 3.04. The molecule has 0 saturated carbocycles. The van der Waals surface area contributed by atoms with Crippen LogP contribution in [0.3, 0.4) is 0 Å². The van der Waals surface area contributed by atoms with E-state index in [1.807, 2.05) is 50.3 Å². The minimum atomic E-state index is -0.664. The predicted molar refractivity (Wildman–Crippen MR) is 112 cm³/mol. The van der Waals surface area contributed by atoms with Crippen LogP contribution in [-0.4, -0.2) is 19.9 Å². The summed E-state index contributed by atoms with van der Waals surface area (Å²) < 4.78 is 2.90. The summed E-state index contributed by atoms with van der Waals surface area (Å²) in [5, 5.41) is 0. The molecule has 3 aromatic rings. The van der Waals surface area contributed by atoms with Gasteiger partial charge < -0.3 is 0 Å². The van der Waals surface area contributed by atoms with Gasteiger partial charge in [0.15, 0.2) is 5.78 Å². The van der Waals surface area contributed by atoms with Gasteiger partial charge in [-0.25, -0.2) is 9.78 Å². The van der Waals surface area contributed by atoms with Crippen LogP contribution in [-0.2, 0) is 4.79 Å². The quantitative estimate of drug-likeness (QED) is 0.611. The molecule has 5 heteroatoms. The molecule has 28 heavy (non-hydrogen) atoms. The Morgan fingerprint density at radius 3 is 2.57 bits per heavy atom. The summed E-state index contributed by atoms with van der Waals surface area (Å²) in [6.07, 6.45) is 8.69. The fourth-order valence-electron chi connectivity index (χ4n) is 3.29. The molecule has 2 aromatic heterocycles. The predicted octanol–water partition coefficient (Wildman–Crippen LogP) is 4.11. The first kappa shape index (κ1) is 19.3. The highest BCUT2D eigenvalue weighted by molar-refractivity contribution is 5.83. The number of hydrogen-bond acceptors (Lipinski definition) is 3. The van der Waals surface area contributed by atoms with Crippen LogP contribution in [0.1, 0.15) is 36.6 Å². The maximum Gasteiger partial charge on any atom is 0.334 e. The average molecular weight is 373 g/mol. The molecule has 0 amide bonds. The van der Waals surface area contributed by atoms with E-state index in [9.17, 15) is 9.59 Å². The first-order valence-electron chi connectivity index (χ1n) is 9.08. The third-order valence-corrected chi connectivity index (χ3v) is 4.68. The van der Waals surface area contributed by atoms with Gasteiger partial charge in [0.05, 0.1) is 0 Å². The molecule has 142 valence electrons. The Balaban J connectivity index is 2.02. The highest BCUT2D eigenvalue weighted by atomic mass is 16.2. The Morgan fingerprint density at radius 1 is 1.21 bits per heavy atom. The number of Topliss-reactive ketones (excluding diaryl/α,β-unsaturated/α-hetero) is 1. The largest absolute Gasteiger partial charge is 0.334 e. The van der Waals surface area contributed by atoms with Crippen LogP contribution in [0.2, 0.25) is 0 Å². The van der Waals surface area contributed by atoms with Crippen molar-refractivity contribution in [1.29, 1.82) is 0 Å². The molecule has 0 aliphatic carbocycles. The number of carbonyl (C=O) groups is 1. The molecular formula is C23H23N3O2. The van der Waals surface area contributed by atoms with Crippen LogP contribution in [0.15, 0.2) is 78.5 Å². The minimum Gasteiger partial charge on any atom is -0.297 e. The fourth-order valence-corrected chi connectivity index (χ4v) is 3.29. The standard InChI is InChI=1S/C23H23N3O2/c1-5-18(6-2)20-10-11-21(24-15-20)25-12-13-26(23(25)28)22(17(4)27)19-9-7-8-16(3)14-19/h5-15,22H,1H2,2-4H3/b18-6+. The molecule has 0 N–H and O–H groups in total. The molecule has 0 spiro atoms. The van der Waals surface area contributed by atoms with E-state index < -0.39 is 6.04 Å². The lowest BCUT2D eigenvalue weighted by Crippen LogP contribution is -2.30. The molecule has 5 nitrogen and oxygen atoms in total. The number of carbonyl (C=O) groups excluding carboxylic acids is 1. The van der Waals surface area contributed by atoms with E-state index in [1.165, 1.54) is 16.1 Å². The highest BCUT2D eigenvalue weighted by Crippen LogP contribution is 2.20. The summed E-state index contributed by atoms with van der Waals surface area (Å²) in [7, 11) is 0. The van der Waals surface area contributed by atoms with E-state index in [-0.39, 0.29) is 11.5 Å². The normalized spacial score (nSPS) is 12.6. The molecule has 0 fully saturated rings. The van der Waals surface area contributed by atoms with Crippen molar-refractivity contribution >= 4 is 11.4 Å². The van der Waals surface area contributed by atoms with Gasteiger partial charge in [-0.2, -0.15) is 0 Å². The first-order valence-corrected chi connectivity index (χ1v) is 9.08. The molecular weight excluding hydrogens is 350 g/mol. The zero-order chi connectivity index (χ0) is 20.3. The van der Waals surface area contributed by atoms with Crippen LogP contribution in [0.25, 0.3) is 11.4 Å². The Hall–Kier alpha value is -3.47. The van der Waals surface area contributed by atoms with Gasteiger partial charge in [0.25, 0.3) is 0 Å². The molecule has 0 radical (unpaired) electrons. The van der Waals surface area contributed by atoms with E-state index in [2.05, 4.69) is 11.6 Å². The van der Waals surface area contributed by atoms with Crippen LogP contribution < -0.4 is 5.69 Å². The number of ketones is 1. The summed E-state index contributed by atoms with van der Waals surface area (Å²) in [5.74, 6) is 0.399. The Labute approximate surface area is 164 Å². The van der Waals surface area contributed by atoms with Crippen molar-refractivity contribution in [3.63, 3.8) is 0 Å². The molecule has 2 heterocycles. The van der Waals surface area contributed by atoms with Gasteiger partial charge in [-0.05, 0) is 49.6 Å². The number of rotatable bonds is 6. The second-order valence-corrected chi connectivity index (χ2v) is 6.64. The number of aryl methyl sites for hydroxylation is 1. The molecule has 0 saturated heterocycles. The zero-order valence-corrected chi connectivity index (χ0v) is 16.3. The van der Waals surface area contributed by atoms with Gasteiger partial charge in [-0.1, -0.05) is 48.6 Å². The maximum atomic E-state index is 13.0. The van der Waals surface area contributed by atoms with Gasteiger partial charge >= 0.3 is 5.69 Å². The molecule has 1 atom stereocenters. The SMILES string of the molecule is C=C/C(=C\C)c1ccc(-n2ccn(C(C(C)=O)c3cccc(C)c3)c2=O)nc1. The van der Waals surface area contributed by atoms with Crippen molar-refractivity contribution in [2.24, 2.45) is 0 Å². The lowest BCUT2D eigenvalue weighted by Gasteiger charge is -2.15. The number of nitrogens with zero attached hydrogens (tertiary/aromatic N) is 3. The monoisotopic (exact) mass is 373 g/mol. The molecule has 1 unspecified atom stereocenters. The Morgan fingerprint density at radius 2 is 2.00 bits per heavy atom. The van der Waals surface area contributed by atoms with E-state index in [4.69, 9.17) is 0 Å². The molecule has 0 bridgehead atoms. The van der Waals surface area contributed by atoms with E-state index in [1.54, 1.807) is 30.7 Å². The smallest absolute Gasteiger partial charge is 0.297 e. The third-order valence-electron chi connectivity index (χ3n) is 4.68. The topological polar surface area (TPSA) is 56.9 Å². The van der Waals surface area contributed by atoms with Gasteiger partial charge in [0, 0.05) is 18.6 Å². The number of pyridine rings is 1. The van der Waals surface area contributed by atoms with Crippen molar-refractivity contribution in [3.05, 3.63) is 101 Å². The van der Waals surface area contributed by atoms with Crippen molar-refractivity contribution in [3.8, 4) is 5.82 Å². The second kappa shape index (κ2) is 8.05. The van der Waals surface area contributed by atoms with Gasteiger partial charge in [0.2, 0.25) is 0 Å². The summed E-state index contributed by atoms with van der Waals surface area (Å²) in [5.41, 5.74) is 3.42. The first-order chi connectivity index (χ1) is 13.5. The third kappa shape index (κ3) is 3.64. The lowest BCUT2D eigenvalue weighted by atomic mass is 10.0. The van der Waals surface area contributed by atoms with Crippen molar-refractivity contribution in [2.45, 2.75) is 26.8 Å². The summed E-state index contributed by atoms with van der Waals surface area (Å²) in [6.45, 7) is 9.18. The van der Waals surface area contributed by atoms with Gasteiger partial charge in [0.1, 0.15) is 11.9 Å². The summed E-state index contributed by atoms with van der Waals surface area (Å²) >= 11 is 0. The van der Waals surface area contributed by atoms with E-state index in [0.29, 0.717) is 5.82 Å². The van der Waals surface area contributed by atoms with Crippen LogP contribution in [0, 0.1) is 6.92 Å². The van der Waals surface area contributed by atoms with Gasteiger partial charge in [-0.3, -0.25) is 13.9 Å². The van der Waals surface area contributed by atoms with E-state index >= 15 is 0 Å². The number of hydrogen-bond donors (Lipinski definition) is 0. The number of aromatic nitrogens is 3. The Bertz CT molecular complexity index is 1100. The molecule has 0 aliphatic rings. The fraction of sp³-hybridized carbons (Fsp3) is 0.174. The molecule has 1 aromatic carbocycles. The summed E-state index contributed by atoms with van der Waals surface area (Å²) in [4.78, 5) is 29.8. The zero-order valence-electron chi connectivity index (χ0n) is 16.3. The van der Waals surface area contributed by atoms with Crippen LogP contribution >= 0.6 is 0 Å². The molecule has 0 aliphatic heterocycles. The van der Waals surface area contributed by atoms with Crippen molar-refractivity contribution in [2.75, 3.05) is 0 Å². The van der Waals surface area contributed by atoms with Crippen LogP contribution in [0.4, 0.5) is 0 Å². The summed E-state index contributed by atoms with van der Waals surface area (Å²) in [6, 6.07) is 10.7. The van der Waals surface area contributed by atoms with Gasteiger partial charge in [-0.15, -0.1) is 0 Å². The number of benzene rings is 1. The highest BCUT2D eigenvalue weighted by Gasteiger charge is 2.22. The Kier molecular flexibility index (Phi) is 5.54. The van der Waals surface area contributed by atoms with Crippen LogP contribution in [0.5, 0.6) is 0 Å². The minimum absolute atomic E-state index is 0.0996. The van der Waals surface area contributed by atoms with Crippen molar-refractivity contribution < 1.29 is 4.79 Å².